The Morgan fingerprint density at radius 1 is 0.920 bits per heavy atom. The van der Waals surface area contributed by atoms with Gasteiger partial charge in [-0.3, -0.25) is 9.69 Å². The molecular weight excluding hydrogens is 316 g/mol. The summed E-state index contributed by atoms with van der Waals surface area (Å²) >= 11 is 0. The number of hydrogen-bond acceptors (Lipinski definition) is 4. The Morgan fingerprint density at radius 3 is 2.00 bits per heavy atom. The van der Waals surface area contributed by atoms with Gasteiger partial charge in [0.15, 0.2) is 0 Å². The maximum absolute atomic E-state index is 13.0. The fourth-order valence-corrected chi connectivity index (χ4v) is 4.13. The fraction of sp³-hybridized carbons (Fsp3) is 0.650. The van der Waals surface area contributed by atoms with Gasteiger partial charge in [0.25, 0.3) is 5.91 Å². The Morgan fingerprint density at radius 2 is 1.48 bits per heavy atom. The van der Waals surface area contributed by atoms with Crippen molar-refractivity contribution in [1.29, 1.82) is 0 Å². The van der Waals surface area contributed by atoms with Crippen LogP contribution in [0.5, 0.6) is 11.5 Å². The predicted octanol–water partition coefficient (Wildman–Crippen LogP) is 3.18. The molecule has 1 saturated heterocycles. The number of carbonyl (C=O) groups is 1. The van der Waals surface area contributed by atoms with Crippen LogP contribution in [0.3, 0.4) is 0 Å². The van der Waals surface area contributed by atoms with E-state index in [1.807, 2.05) is 23.1 Å². The third-order valence-electron chi connectivity index (χ3n) is 5.58. The van der Waals surface area contributed by atoms with E-state index in [4.69, 9.17) is 9.47 Å². The molecule has 1 aromatic rings. The van der Waals surface area contributed by atoms with Crippen LogP contribution in [0, 0.1) is 0 Å². The highest BCUT2D eigenvalue weighted by Gasteiger charge is 2.29. The largest absolute Gasteiger partial charge is 0.496 e. The number of piperazine rings is 1. The molecule has 0 atom stereocenters. The van der Waals surface area contributed by atoms with E-state index in [0.717, 1.165) is 26.2 Å². The molecule has 1 aliphatic heterocycles. The summed E-state index contributed by atoms with van der Waals surface area (Å²) in [4.78, 5) is 17.6. The maximum atomic E-state index is 13.0. The van der Waals surface area contributed by atoms with Crippen LogP contribution in [0.4, 0.5) is 0 Å². The Balaban J connectivity index is 1.66. The summed E-state index contributed by atoms with van der Waals surface area (Å²) in [5.74, 6) is 1.17. The van der Waals surface area contributed by atoms with Crippen LogP contribution in [0.1, 0.15) is 48.9 Å². The van der Waals surface area contributed by atoms with E-state index in [1.165, 1.54) is 38.5 Å². The van der Waals surface area contributed by atoms with Crippen molar-refractivity contribution in [3.05, 3.63) is 23.8 Å². The lowest BCUT2D eigenvalue weighted by Crippen LogP contribution is -2.52. The lowest BCUT2D eigenvalue weighted by Gasteiger charge is -2.39. The molecular formula is C20H30N2O3. The first kappa shape index (κ1) is 18.1. The summed E-state index contributed by atoms with van der Waals surface area (Å²) in [7, 11) is 3.19. The van der Waals surface area contributed by atoms with Crippen LogP contribution in [-0.4, -0.2) is 62.1 Å². The molecule has 3 rings (SSSR count). The van der Waals surface area contributed by atoms with Crippen molar-refractivity contribution in [2.24, 2.45) is 0 Å². The topological polar surface area (TPSA) is 42.0 Å². The van der Waals surface area contributed by atoms with Crippen molar-refractivity contribution in [2.45, 2.75) is 44.6 Å². The Hall–Kier alpha value is -1.75. The zero-order chi connectivity index (χ0) is 17.6. The predicted molar refractivity (Wildman–Crippen MR) is 98.5 cm³/mol. The average Bonchev–Trinajstić information content (AvgIpc) is 2.96. The van der Waals surface area contributed by atoms with Crippen LogP contribution in [0.15, 0.2) is 18.2 Å². The molecule has 1 aromatic carbocycles. The van der Waals surface area contributed by atoms with Crippen LogP contribution in [-0.2, 0) is 0 Å². The molecule has 1 amide bonds. The van der Waals surface area contributed by atoms with Gasteiger partial charge in [-0.25, -0.2) is 0 Å². The average molecular weight is 346 g/mol. The number of carbonyl (C=O) groups excluding carboxylic acids is 1. The van der Waals surface area contributed by atoms with Crippen molar-refractivity contribution in [2.75, 3.05) is 40.4 Å². The van der Waals surface area contributed by atoms with Gasteiger partial charge in [-0.05, 0) is 25.0 Å². The lowest BCUT2D eigenvalue weighted by molar-refractivity contribution is 0.0546. The van der Waals surface area contributed by atoms with Gasteiger partial charge >= 0.3 is 0 Å². The summed E-state index contributed by atoms with van der Waals surface area (Å²) in [5, 5.41) is 0. The number of benzene rings is 1. The first-order valence-electron chi connectivity index (χ1n) is 9.49. The number of hydrogen-bond donors (Lipinski definition) is 0. The van der Waals surface area contributed by atoms with Gasteiger partial charge in [-0.1, -0.05) is 31.7 Å². The van der Waals surface area contributed by atoms with E-state index in [2.05, 4.69) is 4.90 Å². The minimum absolute atomic E-state index is 0.00909. The van der Waals surface area contributed by atoms with Crippen LogP contribution in [0.2, 0.25) is 0 Å². The molecule has 2 aliphatic rings. The minimum atomic E-state index is 0.00909. The second-order valence-corrected chi connectivity index (χ2v) is 7.01. The molecule has 5 nitrogen and oxygen atoms in total. The highest BCUT2D eigenvalue weighted by Crippen LogP contribution is 2.30. The molecule has 1 aliphatic carbocycles. The third kappa shape index (κ3) is 4.09. The smallest absolute Gasteiger partial charge is 0.261 e. The third-order valence-corrected chi connectivity index (χ3v) is 5.58. The summed E-state index contributed by atoms with van der Waals surface area (Å²) in [6.45, 7) is 3.48. The van der Waals surface area contributed by atoms with E-state index >= 15 is 0 Å². The van der Waals surface area contributed by atoms with E-state index in [-0.39, 0.29) is 5.91 Å². The molecule has 0 radical (unpaired) electrons. The number of rotatable bonds is 4. The summed E-state index contributed by atoms with van der Waals surface area (Å²) in [5.41, 5.74) is 0.537. The second-order valence-electron chi connectivity index (χ2n) is 7.01. The van der Waals surface area contributed by atoms with Gasteiger partial charge in [0.1, 0.15) is 17.1 Å². The highest BCUT2D eigenvalue weighted by molar-refractivity contribution is 5.99. The first-order chi connectivity index (χ1) is 12.2. The Labute approximate surface area is 150 Å². The standard InChI is InChI=1S/C20H30N2O3/c1-24-17-10-7-11-18(25-2)19(17)20(23)22-14-12-21(13-15-22)16-8-5-3-4-6-9-16/h7,10-11,16H,3-6,8-9,12-15H2,1-2H3. The fourth-order valence-electron chi connectivity index (χ4n) is 4.13. The molecule has 0 bridgehead atoms. The van der Waals surface area contributed by atoms with Crippen molar-refractivity contribution < 1.29 is 14.3 Å². The lowest BCUT2D eigenvalue weighted by atomic mass is 10.1. The van der Waals surface area contributed by atoms with Crippen LogP contribution in [0.25, 0.3) is 0 Å². The summed E-state index contributed by atoms with van der Waals surface area (Å²) in [6, 6.07) is 6.19. The first-order valence-corrected chi connectivity index (χ1v) is 9.49. The van der Waals surface area contributed by atoms with E-state index in [9.17, 15) is 4.79 Å². The maximum Gasteiger partial charge on any atom is 0.261 e. The summed E-state index contributed by atoms with van der Waals surface area (Å²) < 4.78 is 10.8. The molecule has 1 heterocycles. The summed E-state index contributed by atoms with van der Waals surface area (Å²) in [6.07, 6.45) is 8.08. The normalized spacial score (nSPS) is 20.2. The van der Waals surface area contributed by atoms with Crippen molar-refractivity contribution in [3.8, 4) is 11.5 Å². The molecule has 0 spiro atoms. The molecule has 0 aromatic heterocycles. The van der Waals surface area contributed by atoms with Gasteiger partial charge in [-0.15, -0.1) is 0 Å². The zero-order valence-corrected chi connectivity index (χ0v) is 15.5. The van der Waals surface area contributed by atoms with E-state index < -0.39 is 0 Å². The van der Waals surface area contributed by atoms with Crippen molar-refractivity contribution >= 4 is 5.91 Å². The molecule has 0 N–H and O–H groups in total. The molecule has 1 saturated carbocycles. The van der Waals surface area contributed by atoms with Gasteiger partial charge < -0.3 is 14.4 Å². The minimum Gasteiger partial charge on any atom is -0.496 e. The highest BCUT2D eigenvalue weighted by atomic mass is 16.5. The van der Waals surface area contributed by atoms with Gasteiger partial charge in [0, 0.05) is 32.2 Å². The van der Waals surface area contributed by atoms with E-state index in [1.54, 1.807) is 14.2 Å². The molecule has 138 valence electrons. The SMILES string of the molecule is COc1cccc(OC)c1C(=O)N1CCN(C2CCCCCC2)CC1. The quantitative estimate of drug-likeness (QED) is 0.785. The van der Waals surface area contributed by atoms with E-state index in [0.29, 0.717) is 23.1 Å². The molecule has 2 fully saturated rings. The second kappa shape index (κ2) is 8.56. The van der Waals surface area contributed by atoms with Gasteiger partial charge in [0.05, 0.1) is 14.2 Å². The Bertz CT molecular complexity index is 552. The van der Waals surface area contributed by atoms with Crippen molar-refractivity contribution in [1.82, 2.24) is 9.80 Å². The number of amides is 1. The van der Waals surface area contributed by atoms with Crippen LogP contribution < -0.4 is 9.47 Å². The molecule has 0 unspecified atom stereocenters. The zero-order valence-electron chi connectivity index (χ0n) is 15.5. The van der Waals surface area contributed by atoms with Gasteiger partial charge in [0.2, 0.25) is 0 Å². The van der Waals surface area contributed by atoms with Crippen LogP contribution >= 0.6 is 0 Å². The number of ether oxygens (including phenoxy) is 2. The Kier molecular flexibility index (Phi) is 6.19. The molecule has 25 heavy (non-hydrogen) atoms. The van der Waals surface area contributed by atoms with Gasteiger partial charge in [-0.2, -0.15) is 0 Å². The number of nitrogens with zero attached hydrogens (tertiary/aromatic N) is 2. The van der Waals surface area contributed by atoms with Crippen molar-refractivity contribution in [3.63, 3.8) is 0 Å². The molecule has 5 heteroatoms. The monoisotopic (exact) mass is 346 g/mol. The number of methoxy groups -OCH3 is 2.